The van der Waals surface area contributed by atoms with Crippen LogP contribution in [0.15, 0.2) is 47.0 Å². The number of nitrogens with zero attached hydrogens (tertiary/aromatic N) is 2. The lowest BCUT2D eigenvalue weighted by Gasteiger charge is -2.07. The highest BCUT2D eigenvalue weighted by Gasteiger charge is 2.22. The Morgan fingerprint density at radius 1 is 1.20 bits per heavy atom. The predicted molar refractivity (Wildman–Crippen MR) is 111 cm³/mol. The Labute approximate surface area is 178 Å². The van der Waals surface area contributed by atoms with Crippen LogP contribution in [0.3, 0.4) is 0 Å². The van der Waals surface area contributed by atoms with Gasteiger partial charge in [-0.1, -0.05) is 11.6 Å². The zero-order chi connectivity index (χ0) is 21.7. The number of amides is 1. The molecule has 0 radical (unpaired) electrons. The number of ether oxygens (including phenoxy) is 2. The molecule has 2 heterocycles. The number of carbonyl (C=O) groups excluding carboxylic acids is 2. The summed E-state index contributed by atoms with van der Waals surface area (Å²) in [5.41, 5.74) is 0.291. The summed E-state index contributed by atoms with van der Waals surface area (Å²) in [6.07, 6.45) is 1.27. The fraction of sp³-hybridized carbons (Fsp3) is 0.286. The summed E-state index contributed by atoms with van der Waals surface area (Å²) >= 11 is 5.85. The van der Waals surface area contributed by atoms with Crippen LogP contribution in [0.1, 0.15) is 47.6 Å². The van der Waals surface area contributed by atoms with Crippen LogP contribution >= 0.6 is 11.6 Å². The first-order valence-electron chi connectivity index (χ1n) is 9.42. The first-order valence-corrected chi connectivity index (χ1v) is 9.80. The fourth-order valence-electron chi connectivity index (χ4n) is 2.54. The zero-order valence-corrected chi connectivity index (χ0v) is 17.6. The van der Waals surface area contributed by atoms with Crippen molar-refractivity contribution in [1.29, 1.82) is 0 Å². The average Bonchev–Trinajstić information content (AvgIpc) is 3.34. The molecular formula is C21H22ClN3O5. The van der Waals surface area contributed by atoms with Crippen LogP contribution in [0.4, 0.5) is 5.69 Å². The van der Waals surface area contributed by atoms with E-state index in [9.17, 15) is 9.59 Å². The van der Waals surface area contributed by atoms with E-state index in [2.05, 4.69) is 10.4 Å². The Kier molecular flexibility index (Phi) is 6.79. The Bertz CT molecular complexity index is 1020. The molecule has 30 heavy (non-hydrogen) atoms. The van der Waals surface area contributed by atoms with Crippen LogP contribution in [0, 0.1) is 0 Å². The Hall–Kier alpha value is -3.26. The minimum atomic E-state index is -0.607. The third-order valence-corrected chi connectivity index (χ3v) is 4.20. The lowest BCUT2D eigenvalue weighted by atomic mass is 10.3. The van der Waals surface area contributed by atoms with E-state index in [-0.39, 0.29) is 29.9 Å². The largest absolute Gasteiger partial charge is 0.486 e. The zero-order valence-electron chi connectivity index (χ0n) is 16.8. The Morgan fingerprint density at radius 2 is 1.93 bits per heavy atom. The van der Waals surface area contributed by atoms with E-state index >= 15 is 0 Å². The number of benzene rings is 1. The third kappa shape index (κ3) is 5.42. The number of halogens is 1. The van der Waals surface area contributed by atoms with Crippen LogP contribution in [0.25, 0.3) is 0 Å². The molecule has 0 saturated heterocycles. The van der Waals surface area contributed by atoms with Gasteiger partial charge in [0.1, 0.15) is 18.1 Å². The summed E-state index contributed by atoms with van der Waals surface area (Å²) in [6, 6.07) is 10.1. The molecule has 3 aromatic rings. The second kappa shape index (κ2) is 9.49. The minimum absolute atomic E-state index is 0.0387. The molecule has 0 aliphatic carbocycles. The number of esters is 1. The van der Waals surface area contributed by atoms with Gasteiger partial charge in [0, 0.05) is 17.8 Å². The van der Waals surface area contributed by atoms with Gasteiger partial charge in [0.15, 0.2) is 11.5 Å². The molecule has 9 heteroatoms. The van der Waals surface area contributed by atoms with E-state index in [1.807, 2.05) is 6.92 Å². The SMILES string of the molecule is CCn1cc(NC(=O)c2ccc(COc3ccc(Cl)cc3)o2)c(C(=O)OC(C)C)n1. The quantitative estimate of drug-likeness (QED) is 0.526. The Balaban J connectivity index is 1.67. The number of hydrogen-bond acceptors (Lipinski definition) is 6. The van der Waals surface area contributed by atoms with E-state index in [4.69, 9.17) is 25.5 Å². The maximum Gasteiger partial charge on any atom is 0.361 e. The number of aromatic nitrogens is 2. The summed E-state index contributed by atoms with van der Waals surface area (Å²) in [7, 11) is 0. The number of anilines is 1. The van der Waals surface area contributed by atoms with E-state index in [0.717, 1.165) is 0 Å². The molecule has 158 valence electrons. The molecule has 0 fully saturated rings. The standard InChI is InChI=1S/C21H22ClN3O5/c1-4-25-11-17(19(24-25)21(27)29-13(2)3)23-20(26)18-10-9-16(30-18)12-28-15-7-5-14(22)6-8-15/h5-11,13H,4,12H2,1-3H3,(H,23,26). The van der Waals surface area contributed by atoms with Crippen LogP contribution in [0.5, 0.6) is 5.75 Å². The average molecular weight is 432 g/mol. The lowest BCUT2D eigenvalue weighted by Crippen LogP contribution is -2.17. The monoisotopic (exact) mass is 431 g/mol. The van der Waals surface area contributed by atoms with Crippen LogP contribution in [-0.2, 0) is 17.9 Å². The van der Waals surface area contributed by atoms with Crippen molar-refractivity contribution >= 4 is 29.2 Å². The highest BCUT2D eigenvalue weighted by Crippen LogP contribution is 2.20. The molecular weight excluding hydrogens is 410 g/mol. The molecule has 1 amide bonds. The fourth-order valence-corrected chi connectivity index (χ4v) is 2.67. The maximum atomic E-state index is 12.6. The summed E-state index contributed by atoms with van der Waals surface area (Å²) < 4.78 is 17.9. The first-order chi connectivity index (χ1) is 14.4. The van der Waals surface area contributed by atoms with Crippen LogP contribution in [-0.4, -0.2) is 27.8 Å². The highest BCUT2D eigenvalue weighted by molar-refractivity contribution is 6.30. The molecule has 0 aliphatic heterocycles. The van der Waals surface area contributed by atoms with Crippen molar-refractivity contribution in [2.24, 2.45) is 0 Å². The summed E-state index contributed by atoms with van der Waals surface area (Å²) in [4.78, 5) is 24.9. The maximum absolute atomic E-state index is 12.6. The van der Waals surface area contributed by atoms with Crippen molar-refractivity contribution < 1.29 is 23.5 Å². The van der Waals surface area contributed by atoms with Gasteiger partial charge in [-0.25, -0.2) is 4.79 Å². The van der Waals surface area contributed by atoms with Crippen molar-refractivity contribution in [1.82, 2.24) is 9.78 Å². The molecule has 1 N–H and O–H groups in total. The minimum Gasteiger partial charge on any atom is -0.486 e. The van der Waals surface area contributed by atoms with Crippen molar-refractivity contribution in [3.05, 3.63) is 64.8 Å². The molecule has 1 aromatic carbocycles. The van der Waals surface area contributed by atoms with Gasteiger partial charge in [0.05, 0.1) is 11.8 Å². The highest BCUT2D eigenvalue weighted by atomic mass is 35.5. The summed E-state index contributed by atoms with van der Waals surface area (Å²) in [5, 5.41) is 7.44. The number of hydrogen-bond donors (Lipinski definition) is 1. The molecule has 0 aliphatic rings. The molecule has 2 aromatic heterocycles. The van der Waals surface area contributed by atoms with Crippen LogP contribution < -0.4 is 10.1 Å². The second-order valence-electron chi connectivity index (χ2n) is 6.66. The van der Waals surface area contributed by atoms with Gasteiger partial charge >= 0.3 is 5.97 Å². The summed E-state index contributed by atoms with van der Waals surface area (Å²) in [6.45, 7) is 6.03. The van der Waals surface area contributed by atoms with Gasteiger partial charge in [-0.15, -0.1) is 0 Å². The smallest absolute Gasteiger partial charge is 0.361 e. The van der Waals surface area contributed by atoms with Gasteiger partial charge < -0.3 is 19.2 Å². The van der Waals surface area contributed by atoms with Gasteiger partial charge in [0.2, 0.25) is 0 Å². The van der Waals surface area contributed by atoms with Crippen molar-refractivity contribution in [3.63, 3.8) is 0 Å². The van der Waals surface area contributed by atoms with Gasteiger partial charge in [-0.3, -0.25) is 9.48 Å². The number of nitrogens with one attached hydrogen (secondary N) is 1. The van der Waals surface area contributed by atoms with Crippen molar-refractivity contribution in [2.45, 2.75) is 40.0 Å². The number of furan rings is 1. The molecule has 0 unspecified atom stereocenters. The van der Waals surface area contributed by atoms with E-state index < -0.39 is 11.9 Å². The third-order valence-electron chi connectivity index (χ3n) is 3.95. The van der Waals surface area contributed by atoms with E-state index in [0.29, 0.717) is 23.1 Å². The first kappa shape index (κ1) is 21.4. The molecule has 0 atom stereocenters. The Morgan fingerprint density at radius 3 is 2.60 bits per heavy atom. The molecule has 0 spiro atoms. The second-order valence-corrected chi connectivity index (χ2v) is 7.10. The van der Waals surface area contributed by atoms with Gasteiger partial charge in [0.25, 0.3) is 5.91 Å². The predicted octanol–water partition coefficient (Wildman–Crippen LogP) is 4.55. The van der Waals surface area contributed by atoms with Gasteiger partial charge in [-0.05, 0) is 57.2 Å². The summed E-state index contributed by atoms with van der Waals surface area (Å²) in [5.74, 6) is 0.0593. The normalized spacial score (nSPS) is 10.8. The molecule has 3 rings (SSSR count). The molecule has 8 nitrogen and oxygen atoms in total. The van der Waals surface area contributed by atoms with Crippen molar-refractivity contribution in [2.75, 3.05) is 5.32 Å². The molecule has 0 saturated carbocycles. The topological polar surface area (TPSA) is 95.6 Å². The molecule has 0 bridgehead atoms. The number of aryl methyl sites for hydroxylation is 1. The van der Waals surface area contributed by atoms with Crippen molar-refractivity contribution in [3.8, 4) is 5.75 Å². The van der Waals surface area contributed by atoms with Gasteiger partial charge in [-0.2, -0.15) is 5.10 Å². The van der Waals surface area contributed by atoms with Crippen LogP contribution in [0.2, 0.25) is 5.02 Å². The lowest BCUT2D eigenvalue weighted by molar-refractivity contribution is 0.0371. The number of rotatable bonds is 8. The number of carbonyl (C=O) groups is 2. The van der Waals surface area contributed by atoms with E-state index in [1.54, 1.807) is 55.1 Å². The van der Waals surface area contributed by atoms with E-state index in [1.165, 1.54) is 6.07 Å².